The molecule has 2 heterocycles. The van der Waals surface area contributed by atoms with Gasteiger partial charge in [0, 0.05) is 35.4 Å². The van der Waals surface area contributed by atoms with Gasteiger partial charge in [-0.1, -0.05) is 36.4 Å². The second-order valence-corrected chi connectivity index (χ2v) is 8.99. The van der Waals surface area contributed by atoms with Crippen LogP contribution in [0.4, 0.5) is 0 Å². The van der Waals surface area contributed by atoms with Crippen LogP contribution in [0, 0.1) is 6.92 Å². The van der Waals surface area contributed by atoms with Gasteiger partial charge in [0.05, 0.1) is 6.04 Å². The number of nitrogens with one attached hydrogen (secondary N) is 3. The molecule has 0 spiro atoms. The van der Waals surface area contributed by atoms with E-state index in [-0.39, 0.29) is 11.9 Å². The van der Waals surface area contributed by atoms with Gasteiger partial charge in [-0.15, -0.1) is 0 Å². The maximum absolute atomic E-state index is 13.7. The van der Waals surface area contributed by atoms with Gasteiger partial charge >= 0.3 is 0 Å². The van der Waals surface area contributed by atoms with E-state index in [2.05, 4.69) is 34.2 Å². The van der Waals surface area contributed by atoms with Crippen LogP contribution in [0.2, 0.25) is 0 Å². The number of hydrogen-bond donors (Lipinski definition) is 4. The van der Waals surface area contributed by atoms with Crippen molar-refractivity contribution < 1.29 is 14.8 Å². The number of benzene rings is 2. The highest BCUT2D eigenvalue weighted by Crippen LogP contribution is 2.37. The summed E-state index contributed by atoms with van der Waals surface area (Å²) in [6.07, 6.45) is 7.45. The zero-order chi connectivity index (χ0) is 24.4. The van der Waals surface area contributed by atoms with Crippen molar-refractivity contribution in [2.24, 2.45) is 0 Å². The van der Waals surface area contributed by atoms with E-state index in [4.69, 9.17) is 5.21 Å². The zero-order valence-electron chi connectivity index (χ0n) is 19.5. The van der Waals surface area contributed by atoms with Crippen LogP contribution in [-0.2, 0) is 17.6 Å². The number of H-pyrrole nitrogens is 2. The van der Waals surface area contributed by atoms with Crippen molar-refractivity contribution in [3.63, 3.8) is 0 Å². The Morgan fingerprint density at radius 1 is 1.17 bits per heavy atom. The van der Waals surface area contributed by atoms with Crippen molar-refractivity contribution >= 4 is 28.8 Å². The van der Waals surface area contributed by atoms with Gasteiger partial charge < -0.3 is 14.9 Å². The number of hydroxylamine groups is 1. The quantitative estimate of drug-likeness (QED) is 0.180. The van der Waals surface area contributed by atoms with Gasteiger partial charge in [-0.25, -0.2) is 5.48 Å². The average Bonchev–Trinajstić information content (AvgIpc) is 3.61. The van der Waals surface area contributed by atoms with E-state index in [0.717, 1.165) is 41.6 Å². The van der Waals surface area contributed by atoms with Gasteiger partial charge in [0.15, 0.2) is 0 Å². The lowest BCUT2D eigenvalue weighted by Gasteiger charge is -2.30. The standard InChI is InChI=1S/C28H28N4O3/c1-18-6-11-25(30-18)28(34)32(15-14-21-17-29-24-5-3-2-4-22(21)24)26-12-9-20-16-19(7-10-23(20)26)8-13-27(33)31-35/h2-8,10-11,13,16-17,26,29-30,35H,9,12,14-15H2,1H3,(H,31,33)/b13-8+. The number of aromatic nitrogens is 2. The smallest absolute Gasteiger partial charge is 0.270 e. The number of amides is 2. The highest BCUT2D eigenvalue weighted by Gasteiger charge is 2.32. The molecule has 4 aromatic rings. The van der Waals surface area contributed by atoms with Crippen LogP contribution in [0.25, 0.3) is 17.0 Å². The Hall–Kier alpha value is -4.10. The van der Waals surface area contributed by atoms with Crippen molar-refractivity contribution in [1.82, 2.24) is 20.3 Å². The van der Waals surface area contributed by atoms with E-state index in [0.29, 0.717) is 12.2 Å². The molecule has 1 atom stereocenters. The third-order valence-electron chi connectivity index (χ3n) is 6.75. The summed E-state index contributed by atoms with van der Waals surface area (Å²) in [6, 6.07) is 18.0. The molecule has 2 aromatic heterocycles. The predicted octanol–water partition coefficient (Wildman–Crippen LogP) is 4.70. The Balaban J connectivity index is 1.43. The van der Waals surface area contributed by atoms with Gasteiger partial charge in [0.1, 0.15) is 5.69 Å². The second-order valence-electron chi connectivity index (χ2n) is 8.99. The first-order chi connectivity index (χ1) is 17.0. The summed E-state index contributed by atoms with van der Waals surface area (Å²) in [6.45, 7) is 2.55. The van der Waals surface area contributed by atoms with Gasteiger partial charge in [-0.2, -0.15) is 0 Å². The molecule has 5 rings (SSSR count). The maximum Gasteiger partial charge on any atom is 0.270 e. The van der Waals surface area contributed by atoms with E-state index in [1.165, 1.54) is 22.6 Å². The number of nitrogens with zero attached hydrogens (tertiary/aromatic N) is 1. The molecule has 1 aliphatic rings. The summed E-state index contributed by atoms with van der Waals surface area (Å²) >= 11 is 0. The Labute approximate surface area is 203 Å². The first-order valence-electron chi connectivity index (χ1n) is 11.8. The summed E-state index contributed by atoms with van der Waals surface area (Å²) in [7, 11) is 0. The van der Waals surface area contributed by atoms with E-state index < -0.39 is 5.91 Å². The third kappa shape index (κ3) is 4.63. The highest BCUT2D eigenvalue weighted by atomic mass is 16.5. The molecule has 1 unspecified atom stereocenters. The number of hydrogen-bond acceptors (Lipinski definition) is 3. The van der Waals surface area contributed by atoms with Crippen molar-refractivity contribution in [3.05, 3.63) is 101 Å². The Kier molecular flexibility index (Phi) is 6.25. The molecule has 4 N–H and O–H groups in total. The Morgan fingerprint density at radius 3 is 2.83 bits per heavy atom. The summed E-state index contributed by atoms with van der Waals surface area (Å²) in [5.74, 6) is -0.571. The number of rotatable bonds is 7. The minimum Gasteiger partial charge on any atom is -0.361 e. The summed E-state index contributed by atoms with van der Waals surface area (Å²) in [4.78, 5) is 33.5. The molecular weight excluding hydrogens is 440 g/mol. The van der Waals surface area contributed by atoms with Crippen molar-refractivity contribution in [2.45, 2.75) is 32.2 Å². The number of aryl methyl sites for hydroxylation is 2. The molecule has 7 heteroatoms. The van der Waals surface area contributed by atoms with E-state index in [1.807, 2.05) is 48.4 Å². The summed E-state index contributed by atoms with van der Waals surface area (Å²) < 4.78 is 0. The third-order valence-corrected chi connectivity index (χ3v) is 6.75. The largest absolute Gasteiger partial charge is 0.361 e. The predicted molar refractivity (Wildman–Crippen MR) is 135 cm³/mol. The second kappa shape index (κ2) is 9.64. The number of aromatic amines is 2. The molecule has 2 aromatic carbocycles. The average molecular weight is 469 g/mol. The van der Waals surface area contributed by atoms with Crippen molar-refractivity contribution in [1.29, 1.82) is 0 Å². The minimum absolute atomic E-state index is 0.000574. The van der Waals surface area contributed by atoms with Gasteiger partial charge in [-0.05, 0) is 72.7 Å². The van der Waals surface area contributed by atoms with Gasteiger partial charge in [0.25, 0.3) is 11.8 Å². The van der Waals surface area contributed by atoms with E-state index in [9.17, 15) is 9.59 Å². The van der Waals surface area contributed by atoms with Crippen LogP contribution in [0.5, 0.6) is 0 Å². The molecule has 178 valence electrons. The molecule has 0 fully saturated rings. The summed E-state index contributed by atoms with van der Waals surface area (Å²) in [5.41, 5.74) is 8.65. The molecule has 0 radical (unpaired) electrons. The van der Waals surface area contributed by atoms with Crippen LogP contribution in [0.3, 0.4) is 0 Å². The fourth-order valence-corrected chi connectivity index (χ4v) is 5.01. The fourth-order valence-electron chi connectivity index (χ4n) is 5.01. The van der Waals surface area contributed by atoms with Crippen LogP contribution >= 0.6 is 0 Å². The molecule has 7 nitrogen and oxygen atoms in total. The summed E-state index contributed by atoms with van der Waals surface area (Å²) in [5, 5.41) is 9.88. The Morgan fingerprint density at radius 2 is 2.03 bits per heavy atom. The minimum atomic E-state index is -0.571. The molecule has 35 heavy (non-hydrogen) atoms. The number of carbonyl (C=O) groups excluding carboxylic acids is 2. The number of carbonyl (C=O) groups is 2. The number of fused-ring (bicyclic) bond motifs is 2. The molecule has 0 saturated carbocycles. The molecule has 1 aliphatic carbocycles. The monoisotopic (exact) mass is 468 g/mol. The van der Waals surface area contributed by atoms with Crippen molar-refractivity contribution in [2.75, 3.05) is 6.54 Å². The van der Waals surface area contributed by atoms with Crippen LogP contribution < -0.4 is 5.48 Å². The lowest BCUT2D eigenvalue weighted by Crippen LogP contribution is -2.36. The molecule has 2 amide bonds. The molecule has 0 bridgehead atoms. The SMILES string of the molecule is Cc1ccc(C(=O)N(CCc2c[nH]c3ccccc23)C2CCc3cc(/C=C/C(=O)NO)ccc32)[nH]1. The highest BCUT2D eigenvalue weighted by molar-refractivity contribution is 5.93. The molecular formula is C28H28N4O3. The molecule has 0 saturated heterocycles. The Bertz CT molecular complexity index is 1410. The van der Waals surface area contributed by atoms with Crippen LogP contribution in [-0.4, -0.2) is 38.4 Å². The fraction of sp³-hybridized carbons (Fsp3) is 0.214. The topological polar surface area (TPSA) is 101 Å². The number of para-hydroxylation sites is 1. The first-order valence-corrected chi connectivity index (χ1v) is 11.8. The lowest BCUT2D eigenvalue weighted by molar-refractivity contribution is -0.124. The maximum atomic E-state index is 13.7. The normalized spacial score (nSPS) is 15.0. The van der Waals surface area contributed by atoms with Crippen molar-refractivity contribution in [3.8, 4) is 0 Å². The zero-order valence-corrected chi connectivity index (χ0v) is 19.5. The van der Waals surface area contributed by atoms with Gasteiger partial charge in [0.2, 0.25) is 0 Å². The van der Waals surface area contributed by atoms with E-state index in [1.54, 1.807) is 11.6 Å². The van der Waals surface area contributed by atoms with Gasteiger partial charge in [-0.3, -0.25) is 14.8 Å². The van der Waals surface area contributed by atoms with Crippen LogP contribution in [0.15, 0.2) is 66.9 Å². The molecule has 0 aliphatic heterocycles. The van der Waals surface area contributed by atoms with Crippen LogP contribution in [0.1, 0.15) is 50.9 Å². The van der Waals surface area contributed by atoms with E-state index >= 15 is 0 Å². The lowest BCUT2D eigenvalue weighted by atomic mass is 10.0. The first kappa shape index (κ1) is 22.7.